The van der Waals surface area contributed by atoms with Crippen molar-refractivity contribution in [3.8, 4) is 0 Å². The molecular weight excluding hydrogens is 340 g/mol. The lowest BCUT2D eigenvalue weighted by molar-refractivity contribution is -0.141. The zero-order valence-electron chi connectivity index (χ0n) is 13.8. The maximum Gasteiger partial charge on any atom is 0.433 e. The minimum absolute atomic E-state index is 0.0771. The van der Waals surface area contributed by atoms with Crippen LogP contribution in [0.15, 0.2) is 30.3 Å². The van der Waals surface area contributed by atoms with Crippen molar-refractivity contribution in [2.75, 3.05) is 24.3 Å². The summed E-state index contributed by atoms with van der Waals surface area (Å²) in [5.74, 6) is -0.631. The first-order valence-electron chi connectivity index (χ1n) is 7.41. The lowest BCUT2D eigenvalue weighted by Crippen LogP contribution is -2.26. The number of anilines is 2. The first kappa shape index (κ1) is 18.9. The summed E-state index contributed by atoms with van der Waals surface area (Å²) in [6, 6.07) is 5.31. The van der Waals surface area contributed by atoms with E-state index in [1.165, 1.54) is 29.2 Å². The molecule has 0 radical (unpaired) electrons. The molecule has 25 heavy (non-hydrogen) atoms. The van der Waals surface area contributed by atoms with Crippen LogP contribution in [-0.2, 0) is 6.18 Å². The Hall–Kier alpha value is -2.42. The van der Waals surface area contributed by atoms with Gasteiger partial charge in [-0.2, -0.15) is 18.2 Å². The van der Waals surface area contributed by atoms with Gasteiger partial charge in [0.05, 0.1) is 12.1 Å². The maximum absolute atomic E-state index is 13.0. The van der Waals surface area contributed by atoms with Gasteiger partial charge in [0.25, 0.3) is 0 Å². The highest BCUT2D eigenvalue weighted by atomic mass is 19.4. The SMILES string of the molecule is C[C@H](Nc1nc(N(C)C)cc(C(F)(F)F)n1)[C@@H](O)c1ccc(F)cc1. The Bertz CT molecular complexity index is 719. The number of hydrogen-bond acceptors (Lipinski definition) is 5. The second kappa shape index (κ2) is 7.22. The summed E-state index contributed by atoms with van der Waals surface area (Å²) in [7, 11) is 3.12. The van der Waals surface area contributed by atoms with Crippen molar-refractivity contribution in [3.05, 3.63) is 47.4 Å². The van der Waals surface area contributed by atoms with Crippen LogP contribution >= 0.6 is 0 Å². The smallest absolute Gasteiger partial charge is 0.386 e. The number of nitrogens with one attached hydrogen (secondary N) is 1. The lowest BCUT2D eigenvalue weighted by Gasteiger charge is -2.22. The Morgan fingerprint density at radius 3 is 2.24 bits per heavy atom. The van der Waals surface area contributed by atoms with Gasteiger partial charge in [-0.3, -0.25) is 0 Å². The van der Waals surface area contributed by atoms with E-state index in [1.54, 1.807) is 21.0 Å². The van der Waals surface area contributed by atoms with Gasteiger partial charge in [0.2, 0.25) is 5.95 Å². The fourth-order valence-electron chi connectivity index (χ4n) is 2.10. The minimum atomic E-state index is -4.62. The monoisotopic (exact) mass is 358 g/mol. The molecule has 0 unspecified atom stereocenters. The molecule has 0 spiro atoms. The third-order valence-electron chi connectivity index (χ3n) is 3.50. The molecule has 0 saturated heterocycles. The number of aliphatic hydroxyl groups excluding tert-OH is 1. The number of rotatable bonds is 5. The summed E-state index contributed by atoms with van der Waals surface area (Å²) in [5.41, 5.74) is -0.668. The fourth-order valence-corrected chi connectivity index (χ4v) is 2.10. The Labute approximate surface area is 142 Å². The normalized spacial score (nSPS) is 14.1. The number of nitrogens with zero attached hydrogens (tertiary/aromatic N) is 3. The van der Waals surface area contributed by atoms with Gasteiger partial charge >= 0.3 is 6.18 Å². The highest BCUT2D eigenvalue weighted by Crippen LogP contribution is 2.30. The van der Waals surface area contributed by atoms with Gasteiger partial charge in [0.15, 0.2) is 5.69 Å². The molecule has 2 N–H and O–H groups in total. The van der Waals surface area contributed by atoms with E-state index in [9.17, 15) is 22.7 Å². The quantitative estimate of drug-likeness (QED) is 0.804. The predicted molar refractivity (Wildman–Crippen MR) is 85.8 cm³/mol. The van der Waals surface area contributed by atoms with Crippen molar-refractivity contribution in [1.82, 2.24) is 9.97 Å². The minimum Gasteiger partial charge on any atom is -0.386 e. The third kappa shape index (κ3) is 4.79. The van der Waals surface area contributed by atoms with Crippen molar-refractivity contribution in [2.24, 2.45) is 0 Å². The van der Waals surface area contributed by atoms with Gasteiger partial charge in [-0.15, -0.1) is 0 Å². The molecule has 0 aliphatic heterocycles. The molecule has 0 amide bonds. The number of aliphatic hydroxyl groups is 1. The molecule has 0 bridgehead atoms. The zero-order chi connectivity index (χ0) is 18.8. The Balaban J connectivity index is 2.25. The molecule has 5 nitrogen and oxygen atoms in total. The highest BCUT2D eigenvalue weighted by Gasteiger charge is 2.34. The summed E-state index contributed by atoms with van der Waals surface area (Å²) in [6.45, 7) is 1.56. The van der Waals surface area contributed by atoms with Crippen molar-refractivity contribution in [3.63, 3.8) is 0 Å². The largest absolute Gasteiger partial charge is 0.433 e. The number of aromatic nitrogens is 2. The van der Waals surface area contributed by atoms with Crippen molar-refractivity contribution < 1.29 is 22.7 Å². The zero-order valence-corrected chi connectivity index (χ0v) is 13.8. The number of halogens is 4. The Morgan fingerprint density at radius 1 is 1.12 bits per heavy atom. The summed E-state index contributed by atoms with van der Waals surface area (Å²) in [5, 5.41) is 12.9. The first-order chi connectivity index (χ1) is 11.6. The molecule has 136 valence electrons. The number of hydrogen-bond donors (Lipinski definition) is 2. The van der Waals surface area contributed by atoms with E-state index in [2.05, 4.69) is 15.3 Å². The van der Waals surface area contributed by atoms with Crippen LogP contribution in [0.4, 0.5) is 29.3 Å². The lowest BCUT2D eigenvalue weighted by atomic mass is 10.0. The average Bonchev–Trinajstić information content (AvgIpc) is 2.53. The predicted octanol–water partition coefficient (Wildman–Crippen LogP) is 3.23. The summed E-state index contributed by atoms with van der Waals surface area (Å²) in [6.07, 6.45) is -5.70. The molecule has 2 rings (SSSR count). The van der Waals surface area contributed by atoms with Crippen molar-refractivity contribution in [1.29, 1.82) is 0 Å². The second-order valence-electron chi connectivity index (χ2n) is 5.76. The van der Waals surface area contributed by atoms with Gasteiger partial charge < -0.3 is 15.3 Å². The molecule has 0 aliphatic rings. The summed E-state index contributed by atoms with van der Waals surface area (Å²) < 4.78 is 51.9. The van der Waals surface area contributed by atoms with E-state index >= 15 is 0 Å². The fraction of sp³-hybridized carbons (Fsp3) is 0.375. The summed E-state index contributed by atoms with van der Waals surface area (Å²) in [4.78, 5) is 8.90. The van der Waals surface area contributed by atoms with Crippen LogP contribution in [0.1, 0.15) is 24.3 Å². The molecule has 0 fully saturated rings. The Morgan fingerprint density at radius 2 is 1.72 bits per heavy atom. The second-order valence-corrected chi connectivity index (χ2v) is 5.76. The van der Waals surface area contributed by atoms with Gasteiger partial charge in [-0.1, -0.05) is 12.1 Å². The van der Waals surface area contributed by atoms with E-state index < -0.39 is 29.8 Å². The van der Waals surface area contributed by atoms with Gasteiger partial charge in [-0.05, 0) is 24.6 Å². The molecule has 1 heterocycles. The molecule has 0 aliphatic carbocycles. The molecule has 2 atom stereocenters. The topological polar surface area (TPSA) is 61.3 Å². The van der Waals surface area contributed by atoms with Gasteiger partial charge in [0, 0.05) is 20.2 Å². The van der Waals surface area contributed by atoms with Gasteiger partial charge in [0.1, 0.15) is 11.6 Å². The van der Waals surface area contributed by atoms with E-state index in [-0.39, 0.29) is 11.8 Å². The highest BCUT2D eigenvalue weighted by molar-refractivity contribution is 5.45. The van der Waals surface area contributed by atoms with Gasteiger partial charge in [-0.25, -0.2) is 9.37 Å². The van der Waals surface area contributed by atoms with Crippen LogP contribution < -0.4 is 10.2 Å². The molecule has 2 aromatic rings. The first-order valence-corrected chi connectivity index (χ1v) is 7.41. The molecular formula is C16H18F4N4O. The van der Waals surface area contributed by atoms with Crippen LogP contribution in [0.2, 0.25) is 0 Å². The molecule has 1 aromatic carbocycles. The maximum atomic E-state index is 13.0. The van der Waals surface area contributed by atoms with E-state index in [0.717, 1.165) is 6.07 Å². The standard InChI is InChI=1S/C16H18F4N4O/c1-9(14(25)10-4-6-11(17)7-5-10)21-15-22-12(16(18,19)20)8-13(23-15)24(2)3/h4-9,14,25H,1-3H3,(H,21,22,23)/t9-,14+/m0/s1. The van der Waals surface area contributed by atoms with Crippen LogP contribution in [0.3, 0.4) is 0 Å². The molecule has 0 saturated carbocycles. The van der Waals surface area contributed by atoms with Crippen molar-refractivity contribution in [2.45, 2.75) is 25.2 Å². The van der Waals surface area contributed by atoms with E-state index in [0.29, 0.717) is 5.56 Å². The molecule has 1 aromatic heterocycles. The Kier molecular flexibility index (Phi) is 5.46. The molecule has 9 heteroatoms. The summed E-state index contributed by atoms with van der Waals surface area (Å²) >= 11 is 0. The van der Waals surface area contributed by atoms with Crippen molar-refractivity contribution >= 4 is 11.8 Å². The third-order valence-corrected chi connectivity index (χ3v) is 3.50. The van der Waals surface area contributed by atoms with Crippen LogP contribution in [0.25, 0.3) is 0 Å². The van der Waals surface area contributed by atoms with E-state index in [4.69, 9.17) is 0 Å². The number of benzene rings is 1. The average molecular weight is 358 g/mol. The van der Waals surface area contributed by atoms with Crippen LogP contribution in [0, 0.1) is 5.82 Å². The van der Waals surface area contributed by atoms with Crippen LogP contribution in [0.5, 0.6) is 0 Å². The number of alkyl halides is 3. The van der Waals surface area contributed by atoms with Crippen LogP contribution in [-0.4, -0.2) is 35.2 Å². The van der Waals surface area contributed by atoms with E-state index in [1.807, 2.05) is 0 Å².